The van der Waals surface area contributed by atoms with Crippen LogP contribution in [0, 0.1) is 5.92 Å². The molecule has 6 heteroatoms. The summed E-state index contributed by atoms with van der Waals surface area (Å²) < 4.78 is 0. The number of rotatable bonds is 4. The molecule has 0 spiro atoms. The quantitative estimate of drug-likeness (QED) is 0.490. The zero-order valence-electron chi connectivity index (χ0n) is 11.5. The lowest BCUT2D eigenvalue weighted by Gasteiger charge is -2.17. The van der Waals surface area contributed by atoms with Crippen LogP contribution in [0.1, 0.15) is 12.0 Å². The summed E-state index contributed by atoms with van der Waals surface area (Å²) in [5.74, 6) is 0.254. The van der Waals surface area contributed by atoms with E-state index in [4.69, 9.17) is 5.53 Å². The van der Waals surface area contributed by atoms with Crippen molar-refractivity contribution in [1.82, 2.24) is 9.88 Å². The van der Waals surface area contributed by atoms with Crippen LogP contribution in [-0.2, 0) is 11.3 Å². The molecule has 1 aliphatic rings. The molecule has 1 saturated heterocycles. The first kappa shape index (κ1) is 13.4. The second-order valence-corrected chi connectivity index (χ2v) is 5.27. The molecule has 1 aromatic heterocycles. The maximum Gasteiger partial charge on any atom is 0.223 e. The Morgan fingerprint density at radius 2 is 2.33 bits per heavy atom. The fraction of sp³-hybridized carbons (Fsp3) is 0.333. The molecule has 3 rings (SSSR count). The van der Waals surface area contributed by atoms with Crippen molar-refractivity contribution in [3.63, 3.8) is 0 Å². The molecule has 0 radical (unpaired) electrons. The van der Waals surface area contributed by atoms with Crippen LogP contribution in [0.5, 0.6) is 0 Å². The van der Waals surface area contributed by atoms with Crippen LogP contribution in [0.4, 0.5) is 0 Å². The lowest BCUT2D eigenvalue weighted by Crippen LogP contribution is -2.25. The van der Waals surface area contributed by atoms with E-state index in [2.05, 4.69) is 15.0 Å². The zero-order valence-corrected chi connectivity index (χ0v) is 11.5. The van der Waals surface area contributed by atoms with E-state index in [1.54, 1.807) is 6.20 Å². The predicted octanol–water partition coefficient (Wildman–Crippen LogP) is 2.89. The van der Waals surface area contributed by atoms with Gasteiger partial charge < -0.3 is 4.90 Å². The summed E-state index contributed by atoms with van der Waals surface area (Å²) in [6.45, 7) is 1.63. The number of amides is 1. The van der Waals surface area contributed by atoms with Crippen molar-refractivity contribution in [2.45, 2.75) is 13.0 Å². The largest absolute Gasteiger partial charge is 0.338 e. The number of aromatic nitrogens is 1. The second-order valence-electron chi connectivity index (χ2n) is 5.27. The zero-order chi connectivity index (χ0) is 14.7. The van der Waals surface area contributed by atoms with Crippen LogP contribution in [0.25, 0.3) is 21.2 Å². The molecule has 0 saturated carbocycles. The number of azide groups is 1. The number of likely N-dealkylation sites (tertiary alicyclic amines) is 1. The summed E-state index contributed by atoms with van der Waals surface area (Å²) in [4.78, 5) is 20.8. The van der Waals surface area contributed by atoms with E-state index in [0.717, 1.165) is 16.3 Å². The number of hydrogen-bond acceptors (Lipinski definition) is 3. The van der Waals surface area contributed by atoms with Crippen molar-refractivity contribution in [2.75, 3.05) is 13.1 Å². The third kappa shape index (κ3) is 2.80. The van der Waals surface area contributed by atoms with Gasteiger partial charge in [-0.15, -0.1) is 0 Å². The average Bonchev–Trinajstić information content (AvgIpc) is 2.86. The van der Waals surface area contributed by atoms with Gasteiger partial charge in [-0.05, 0) is 28.5 Å². The van der Waals surface area contributed by atoms with Crippen LogP contribution in [0.3, 0.4) is 0 Å². The van der Waals surface area contributed by atoms with Crippen LogP contribution >= 0.6 is 0 Å². The summed E-state index contributed by atoms with van der Waals surface area (Å²) in [5.41, 5.74) is 9.48. The van der Waals surface area contributed by atoms with Gasteiger partial charge in [0.1, 0.15) is 0 Å². The van der Waals surface area contributed by atoms with E-state index in [-0.39, 0.29) is 11.8 Å². The molecule has 1 unspecified atom stereocenters. The molecule has 0 bridgehead atoms. The molecule has 1 amide bonds. The molecule has 0 N–H and O–H groups in total. The topological polar surface area (TPSA) is 82.0 Å². The average molecular weight is 281 g/mol. The molecule has 1 atom stereocenters. The van der Waals surface area contributed by atoms with Crippen LogP contribution in [-0.4, -0.2) is 28.9 Å². The molecule has 2 heterocycles. The Morgan fingerprint density at radius 1 is 1.43 bits per heavy atom. The van der Waals surface area contributed by atoms with Gasteiger partial charge in [-0.3, -0.25) is 9.78 Å². The molecule has 0 aliphatic carbocycles. The summed E-state index contributed by atoms with van der Waals surface area (Å²) in [6.07, 6.45) is 4.06. The first-order valence-corrected chi connectivity index (χ1v) is 6.88. The first-order valence-electron chi connectivity index (χ1n) is 6.88. The van der Waals surface area contributed by atoms with E-state index >= 15 is 0 Å². The molecule has 2 aromatic rings. The van der Waals surface area contributed by atoms with Crippen LogP contribution in [0.15, 0.2) is 41.8 Å². The van der Waals surface area contributed by atoms with E-state index in [0.29, 0.717) is 26.1 Å². The summed E-state index contributed by atoms with van der Waals surface area (Å²) in [6, 6.07) is 8.01. The summed E-state index contributed by atoms with van der Waals surface area (Å²) in [7, 11) is 0. The van der Waals surface area contributed by atoms with Gasteiger partial charge in [-0.1, -0.05) is 23.3 Å². The van der Waals surface area contributed by atoms with E-state index in [1.807, 2.05) is 35.4 Å². The fourth-order valence-corrected chi connectivity index (χ4v) is 2.81. The molecule has 1 fully saturated rings. The van der Waals surface area contributed by atoms with E-state index in [1.165, 1.54) is 0 Å². The Morgan fingerprint density at radius 3 is 3.19 bits per heavy atom. The number of benzene rings is 1. The lowest BCUT2D eigenvalue weighted by molar-refractivity contribution is -0.128. The van der Waals surface area contributed by atoms with Gasteiger partial charge in [-0.25, -0.2) is 0 Å². The van der Waals surface area contributed by atoms with Gasteiger partial charge in [-0.2, -0.15) is 0 Å². The molecule has 21 heavy (non-hydrogen) atoms. The van der Waals surface area contributed by atoms with Crippen LogP contribution in [0.2, 0.25) is 0 Å². The first-order chi connectivity index (χ1) is 10.3. The number of hydrogen-bond donors (Lipinski definition) is 0. The van der Waals surface area contributed by atoms with Crippen molar-refractivity contribution in [3.05, 3.63) is 52.7 Å². The molecule has 6 nitrogen and oxygen atoms in total. The Balaban J connectivity index is 1.79. The van der Waals surface area contributed by atoms with Crippen molar-refractivity contribution in [2.24, 2.45) is 11.0 Å². The van der Waals surface area contributed by atoms with Crippen molar-refractivity contribution >= 4 is 16.7 Å². The third-order valence-electron chi connectivity index (χ3n) is 3.83. The summed E-state index contributed by atoms with van der Waals surface area (Å²) in [5, 5.41) is 5.77. The monoisotopic (exact) mass is 281 g/mol. The molecular weight excluding hydrogens is 266 g/mol. The number of carbonyl (C=O) groups is 1. The second kappa shape index (κ2) is 5.81. The SMILES string of the molecule is [N-]=[N+]=NCC1CC(=O)N(Cc2cccc3cnccc23)C1. The maximum absolute atomic E-state index is 12.1. The van der Waals surface area contributed by atoms with Crippen molar-refractivity contribution in [3.8, 4) is 0 Å². The van der Waals surface area contributed by atoms with Gasteiger partial charge in [0.2, 0.25) is 5.91 Å². The molecule has 106 valence electrons. The highest BCUT2D eigenvalue weighted by Gasteiger charge is 2.29. The Labute approximate surface area is 122 Å². The normalized spacial score (nSPS) is 18.0. The number of pyridine rings is 1. The minimum absolute atomic E-state index is 0.124. The minimum atomic E-state index is 0.124. The van der Waals surface area contributed by atoms with Gasteiger partial charge in [0.05, 0.1) is 0 Å². The molecular formula is C15H15N5O. The fourth-order valence-electron chi connectivity index (χ4n) is 2.81. The van der Waals surface area contributed by atoms with Crippen molar-refractivity contribution in [1.29, 1.82) is 0 Å². The number of fused-ring (bicyclic) bond motifs is 1. The van der Waals surface area contributed by atoms with E-state index in [9.17, 15) is 4.79 Å². The standard InChI is InChI=1S/C15H15N5O/c16-19-18-7-11-6-15(21)20(9-11)10-13-3-1-2-12-8-17-5-4-14(12)13/h1-5,8,11H,6-7,9-10H2. The van der Waals surface area contributed by atoms with Crippen molar-refractivity contribution < 1.29 is 4.79 Å². The predicted molar refractivity (Wildman–Crippen MR) is 79.3 cm³/mol. The van der Waals surface area contributed by atoms with Crippen LogP contribution < -0.4 is 0 Å². The Kier molecular flexibility index (Phi) is 3.71. The smallest absolute Gasteiger partial charge is 0.223 e. The highest BCUT2D eigenvalue weighted by molar-refractivity contribution is 5.85. The highest BCUT2D eigenvalue weighted by atomic mass is 16.2. The van der Waals surface area contributed by atoms with E-state index < -0.39 is 0 Å². The van der Waals surface area contributed by atoms with Gasteiger partial charge in [0, 0.05) is 48.7 Å². The Hall–Kier alpha value is -2.59. The van der Waals surface area contributed by atoms with Gasteiger partial charge in [0.25, 0.3) is 0 Å². The number of nitrogens with zero attached hydrogens (tertiary/aromatic N) is 5. The van der Waals surface area contributed by atoms with Gasteiger partial charge in [0.15, 0.2) is 0 Å². The third-order valence-corrected chi connectivity index (χ3v) is 3.83. The Bertz CT molecular complexity index is 718. The van der Waals surface area contributed by atoms with Gasteiger partial charge >= 0.3 is 0 Å². The number of carbonyl (C=O) groups excluding carboxylic acids is 1. The summed E-state index contributed by atoms with van der Waals surface area (Å²) >= 11 is 0. The minimum Gasteiger partial charge on any atom is -0.338 e. The lowest BCUT2D eigenvalue weighted by atomic mass is 10.1. The highest BCUT2D eigenvalue weighted by Crippen LogP contribution is 2.24. The maximum atomic E-state index is 12.1. The molecule has 1 aliphatic heterocycles. The molecule has 1 aromatic carbocycles.